The number of rotatable bonds is 5. The van der Waals surface area contributed by atoms with Crippen LogP contribution in [-0.4, -0.2) is 87.1 Å². The molecule has 2 aliphatic heterocycles. The average molecular weight is 445 g/mol. The summed E-state index contributed by atoms with van der Waals surface area (Å²) in [6.07, 6.45) is 2.08. The van der Waals surface area contributed by atoms with Gasteiger partial charge < -0.3 is 19.7 Å². The van der Waals surface area contributed by atoms with Gasteiger partial charge in [-0.2, -0.15) is 0 Å². The number of hydrogen-bond donors (Lipinski definition) is 1. The fraction of sp³-hybridized carbons (Fsp3) is 0.619. The Hall–Kier alpha value is -2.46. The van der Waals surface area contributed by atoms with Gasteiger partial charge in [0.15, 0.2) is 11.8 Å². The van der Waals surface area contributed by atoms with Crippen LogP contribution in [0.3, 0.4) is 0 Å². The lowest BCUT2D eigenvalue weighted by atomic mass is 10.2. The Kier molecular flexibility index (Phi) is 6.86. The summed E-state index contributed by atoms with van der Waals surface area (Å²) in [6, 6.07) is 4.23. The van der Waals surface area contributed by atoms with E-state index >= 15 is 0 Å². The standard InChI is InChI=1S/C21H32N8OS/c1-16-24-25-19(27(16)3)15-23-21(22-14-17-6-5-13-31-17)29-11-9-28(10-12-29)20(30)18-7-4-8-26(18)2/h5-6,13,18H,4,7-12,14-15H2,1-3H3,(H,22,23). The number of thiophene rings is 1. The van der Waals surface area contributed by atoms with Gasteiger partial charge in [0.2, 0.25) is 5.91 Å². The van der Waals surface area contributed by atoms with Crippen LogP contribution < -0.4 is 5.32 Å². The molecule has 4 heterocycles. The van der Waals surface area contributed by atoms with Crippen molar-refractivity contribution in [1.29, 1.82) is 0 Å². The summed E-state index contributed by atoms with van der Waals surface area (Å²) >= 11 is 1.73. The van der Waals surface area contributed by atoms with Crippen molar-refractivity contribution in [1.82, 2.24) is 34.8 Å². The molecule has 0 saturated carbocycles. The van der Waals surface area contributed by atoms with Crippen LogP contribution in [0.25, 0.3) is 0 Å². The van der Waals surface area contributed by atoms with Crippen LogP contribution in [0.1, 0.15) is 29.4 Å². The van der Waals surface area contributed by atoms with Crippen LogP contribution >= 0.6 is 11.3 Å². The van der Waals surface area contributed by atoms with Crippen molar-refractivity contribution in [3.05, 3.63) is 34.0 Å². The number of aryl methyl sites for hydroxylation is 1. The first-order chi connectivity index (χ1) is 15.0. The third-order valence-corrected chi connectivity index (χ3v) is 7.13. The zero-order valence-electron chi connectivity index (χ0n) is 18.6. The summed E-state index contributed by atoms with van der Waals surface area (Å²) in [7, 11) is 4.02. The molecule has 1 unspecified atom stereocenters. The van der Waals surface area contributed by atoms with Crippen molar-refractivity contribution < 1.29 is 4.79 Å². The van der Waals surface area contributed by atoms with E-state index < -0.39 is 0 Å². The van der Waals surface area contributed by atoms with E-state index in [4.69, 9.17) is 4.99 Å². The molecular weight excluding hydrogens is 412 g/mol. The number of amides is 1. The first-order valence-electron chi connectivity index (χ1n) is 10.9. The minimum Gasteiger partial charge on any atom is -0.351 e. The van der Waals surface area contributed by atoms with Crippen molar-refractivity contribution in [2.45, 2.75) is 38.9 Å². The van der Waals surface area contributed by atoms with Crippen LogP contribution in [0.5, 0.6) is 0 Å². The average Bonchev–Trinajstić information content (AvgIpc) is 3.52. The Morgan fingerprint density at radius 3 is 2.58 bits per heavy atom. The number of carbonyl (C=O) groups is 1. The van der Waals surface area contributed by atoms with Gasteiger partial charge in [0.05, 0.1) is 12.6 Å². The van der Waals surface area contributed by atoms with Crippen molar-refractivity contribution in [3.63, 3.8) is 0 Å². The van der Waals surface area contributed by atoms with Crippen LogP contribution in [0, 0.1) is 6.92 Å². The molecule has 0 spiro atoms. The lowest BCUT2D eigenvalue weighted by molar-refractivity contribution is -0.136. The Morgan fingerprint density at radius 2 is 1.97 bits per heavy atom. The molecular formula is C21H32N8OS. The van der Waals surface area contributed by atoms with Crippen molar-refractivity contribution >= 4 is 23.2 Å². The summed E-state index contributed by atoms with van der Waals surface area (Å²) in [4.78, 5) is 25.5. The van der Waals surface area contributed by atoms with E-state index in [1.54, 1.807) is 11.3 Å². The molecule has 31 heavy (non-hydrogen) atoms. The molecule has 10 heteroatoms. The molecule has 1 amide bonds. The number of piperazine rings is 1. The summed E-state index contributed by atoms with van der Waals surface area (Å²) in [5.41, 5.74) is 0. The molecule has 2 saturated heterocycles. The second-order valence-electron chi connectivity index (χ2n) is 8.25. The SMILES string of the molecule is Cc1nnc(CN=C(NCc2cccs2)N2CCN(C(=O)C3CCCN3C)CC2)n1C. The van der Waals surface area contributed by atoms with Gasteiger partial charge in [0.25, 0.3) is 0 Å². The van der Waals surface area contributed by atoms with Gasteiger partial charge in [-0.15, -0.1) is 21.5 Å². The number of hydrogen-bond acceptors (Lipinski definition) is 6. The molecule has 4 rings (SSSR count). The highest BCUT2D eigenvalue weighted by Gasteiger charge is 2.33. The second-order valence-corrected chi connectivity index (χ2v) is 9.28. The quantitative estimate of drug-likeness (QED) is 0.549. The Morgan fingerprint density at radius 1 is 1.19 bits per heavy atom. The molecule has 0 aliphatic carbocycles. The minimum atomic E-state index is 0.0517. The number of aliphatic imine (C=N–C) groups is 1. The fourth-order valence-electron chi connectivity index (χ4n) is 4.15. The smallest absolute Gasteiger partial charge is 0.240 e. The lowest BCUT2D eigenvalue weighted by Gasteiger charge is -2.38. The number of aromatic nitrogens is 3. The zero-order valence-corrected chi connectivity index (χ0v) is 19.4. The molecule has 9 nitrogen and oxygen atoms in total. The molecule has 2 aromatic rings. The maximum absolute atomic E-state index is 12.9. The van der Waals surface area contributed by atoms with Gasteiger partial charge in [-0.3, -0.25) is 9.69 Å². The van der Waals surface area contributed by atoms with Gasteiger partial charge in [-0.05, 0) is 44.8 Å². The highest BCUT2D eigenvalue weighted by atomic mass is 32.1. The molecule has 0 bridgehead atoms. The van der Waals surface area contributed by atoms with Gasteiger partial charge in [0, 0.05) is 38.1 Å². The van der Waals surface area contributed by atoms with Gasteiger partial charge in [0.1, 0.15) is 12.4 Å². The normalized spacial score (nSPS) is 20.5. The highest BCUT2D eigenvalue weighted by molar-refractivity contribution is 7.09. The Labute approximate surface area is 187 Å². The van der Waals surface area contributed by atoms with E-state index in [0.29, 0.717) is 6.54 Å². The summed E-state index contributed by atoms with van der Waals surface area (Å²) < 4.78 is 1.97. The number of nitrogens with one attached hydrogen (secondary N) is 1. The minimum absolute atomic E-state index is 0.0517. The molecule has 0 aromatic carbocycles. The van der Waals surface area contributed by atoms with Crippen LogP contribution in [0.2, 0.25) is 0 Å². The number of likely N-dealkylation sites (tertiary alicyclic amines) is 1. The van der Waals surface area contributed by atoms with Crippen LogP contribution in [0.4, 0.5) is 0 Å². The second kappa shape index (κ2) is 9.78. The highest BCUT2D eigenvalue weighted by Crippen LogP contribution is 2.18. The van der Waals surface area contributed by atoms with Gasteiger partial charge in [-0.1, -0.05) is 6.07 Å². The Bertz CT molecular complexity index is 901. The van der Waals surface area contributed by atoms with Crippen molar-refractivity contribution in [3.8, 4) is 0 Å². The maximum atomic E-state index is 12.9. The monoisotopic (exact) mass is 444 g/mol. The maximum Gasteiger partial charge on any atom is 0.240 e. The van der Waals surface area contributed by atoms with Gasteiger partial charge in [-0.25, -0.2) is 4.99 Å². The molecule has 1 N–H and O–H groups in total. The topological polar surface area (TPSA) is 81.9 Å². The number of likely N-dealkylation sites (N-methyl/N-ethyl adjacent to an activating group) is 1. The molecule has 168 valence electrons. The van der Waals surface area contributed by atoms with Gasteiger partial charge >= 0.3 is 0 Å². The largest absolute Gasteiger partial charge is 0.351 e. The Balaban J connectivity index is 1.40. The molecule has 2 aliphatic rings. The third-order valence-electron chi connectivity index (χ3n) is 6.25. The number of nitrogens with zero attached hydrogens (tertiary/aromatic N) is 7. The van der Waals surface area contributed by atoms with E-state index in [-0.39, 0.29) is 11.9 Å². The first-order valence-corrected chi connectivity index (χ1v) is 11.8. The summed E-state index contributed by atoms with van der Waals surface area (Å²) in [5, 5.41) is 14.0. The number of guanidine groups is 1. The van der Waals surface area contributed by atoms with Crippen molar-refractivity contribution in [2.75, 3.05) is 39.8 Å². The lowest BCUT2D eigenvalue weighted by Crippen LogP contribution is -2.56. The van der Waals surface area contributed by atoms with E-state index in [0.717, 1.165) is 69.7 Å². The summed E-state index contributed by atoms with van der Waals surface area (Å²) in [6.45, 7) is 7.16. The molecule has 1 atom stereocenters. The predicted molar refractivity (Wildman–Crippen MR) is 122 cm³/mol. The number of carbonyl (C=O) groups excluding carboxylic acids is 1. The summed E-state index contributed by atoms with van der Waals surface area (Å²) in [5.74, 6) is 2.85. The fourth-order valence-corrected chi connectivity index (χ4v) is 4.80. The van der Waals surface area contributed by atoms with E-state index in [1.165, 1.54) is 4.88 Å². The van der Waals surface area contributed by atoms with E-state index in [2.05, 4.69) is 49.9 Å². The van der Waals surface area contributed by atoms with E-state index in [1.807, 2.05) is 23.4 Å². The predicted octanol–water partition coefficient (Wildman–Crippen LogP) is 1.07. The molecule has 2 fully saturated rings. The molecule has 0 radical (unpaired) electrons. The zero-order chi connectivity index (χ0) is 21.8. The van der Waals surface area contributed by atoms with Crippen molar-refractivity contribution in [2.24, 2.45) is 12.0 Å². The van der Waals surface area contributed by atoms with Crippen LogP contribution in [0.15, 0.2) is 22.5 Å². The van der Waals surface area contributed by atoms with E-state index in [9.17, 15) is 4.79 Å². The first kappa shape index (κ1) is 21.8. The van der Waals surface area contributed by atoms with Crippen LogP contribution in [-0.2, 0) is 24.9 Å². The molecule has 2 aromatic heterocycles. The third kappa shape index (κ3) is 5.07.